The van der Waals surface area contributed by atoms with Crippen LogP contribution in [0.1, 0.15) is 10.4 Å². The molecule has 140 valence electrons. The highest BCUT2D eigenvalue weighted by Gasteiger charge is 2.15. The number of nitrogens with one attached hydrogen (secondary N) is 2. The highest BCUT2D eigenvalue weighted by molar-refractivity contribution is 5.98. The highest BCUT2D eigenvalue weighted by atomic mass is 19.1. The van der Waals surface area contributed by atoms with Crippen molar-refractivity contribution in [3.05, 3.63) is 77.9 Å². The van der Waals surface area contributed by atoms with Crippen LogP contribution in [-0.2, 0) is 4.79 Å². The number of halogens is 1. The van der Waals surface area contributed by atoms with Crippen molar-refractivity contribution in [2.75, 3.05) is 14.2 Å². The van der Waals surface area contributed by atoms with Crippen molar-refractivity contribution in [3.8, 4) is 17.2 Å². The molecule has 0 aliphatic heterocycles. The van der Waals surface area contributed by atoms with E-state index in [4.69, 9.17) is 9.47 Å². The number of allylic oxidation sites excluding steroid dienone is 2. The predicted octanol–water partition coefficient (Wildman–Crippen LogP) is 3.17. The Morgan fingerprint density at radius 3 is 2.44 bits per heavy atom. The lowest BCUT2D eigenvalue weighted by Crippen LogP contribution is -2.23. The molecule has 0 saturated heterocycles. The minimum absolute atomic E-state index is 0.0134. The third-order valence-corrected chi connectivity index (χ3v) is 3.41. The van der Waals surface area contributed by atoms with Gasteiger partial charge in [-0.25, -0.2) is 4.39 Å². The molecule has 27 heavy (non-hydrogen) atoms. The van der Waals surface area contributed by atoms with Crippen LogP contribution in [0, 0.1) is 5.82 Å². The standard InChI is InChI=1S/C20H19FN2O4/c1-22-11-9-15(10-12-24)23-20(25)18-13-14(21)3-8-19(18)27-17-6-4-16(26-2)5-7-17/h3-13,22H,1-2H3,(H,23,25)/b11-9-,15-10+. The second-order valence-corrected chi connectivity index (χ2v) is 5.25. The van der Waals surface area contributed by atoms with Gasteiger partial charge in [-0.3, -0.25) is 9.59 Å². The molecule has 0 unspecified atom stereocenters. The first kappa shape index (κ1) is 19.7. The summed E-state index contributed by atoms with van der Waals surface area (Å²) in [5, 5.41) is 5.29. The van der Waals surface area contributed by atoms with Gasteiger partial charge in [0, 0.05) is 18.8 Å². The smallest absolute Gasteiger partial charge is 0.259 e. The van der Waals surface area contributed by atoms with E-state index < -0.39 is 11.7 Å². The van der Waals surface area contributed by atoms with E-state index in [1.54, 1.807) is 38.4 Å². The number of aldehydes is 1. The minimum Gasteiger partial charge on any atom is -0.497 e. The Hall–Kier alpha value is -3.61. The van der Waals surface area contributed by atoms with Crippen LogP contribution in [0.4, 0.5) is 4.39 Å². The van der Waals surface area contributed by atoms with Gasteiger partial charge in [-0.2, -0.15) is 0 Å². The molecule has 0 saturated carbocycles. The molecule has 2 aromatic carbocycles. The van der Waals surface area contributed by atoms with Crippen molar-refractivity contribution < 1.29 is 23.5 Å². The SMILES string of the molecule is CN/C=C\C(=C/C=O)NC(=O)c1cc(F)ccc1Oc1ccc(OC)cc1. The molecule has 0 spiro atoms. The number of hydrogen-bond donors (Lipinski definition) is 2. The topological polar surface area (TPSA) is 76.7 Å². The van der Waals surface area contributed by atoms with Crippen LogP contribution in [0.25, 0.3) is 0 Å². The summed E-state index contributed by atoms with van der Waals surface area (Å²) in [5.74, 6) is 0.0671. The molecule has 0 aromatic heterocycles. The average molecular weight is 370 g/mol. The van der Waals surface area contributed by atoms with Gasteiger partial charge >= 0.3 is 0 Å². The molecule has 0 aliphatic carbocycles. The monoisotopic (exact) mass is 370 g/mol. The zero-order valence-corrected chi connectivity index (χ0v) is 14.9. The summed E-state index contributed by atoms with van der Waals surface area (Å²) in [6.45, 7) is 0. The van der Waals surface area contributed by atoms with Gasteiger partial charge in [0.2, 0.25) is 0 Å². The first-order chi connectivity index (χ1) is 13.1. The van der Waals surface area contributed by atoms with Crippen molar-refractivity contribution in [2.24, 2.45) is 0 Å². The molecular formula is C20H19FN2O4. The van der Waals surface area contributed by atoms with Gasteiger partial charge in [0.1, 0.15) is 29.4 Å². The third-order valence-electron chi connectivity index (χ3n) is 3.41. The van der Waals surface area contributed by atoms with Crippen molar-refractivity contribution in [1.82, 2.24) is 10.6 Å². The number of ether oxygens (including phenoxy) is 2. The largest absolute Gasteiger partial charge is 0.497 e. The maximum absolute atomic E-state index is 13.7. The number of benzene rings is 2. The minimum atomic E-state index is -0.619. The second-order valence-electron chi connectivity index (χ2n) is 5.25. The van der Waals surface area contributed by atoms with Crippen molar-refractivity contribution in [3.63, 3.8) is 0 Å². The van der Waals surface area contributed by atoms with E-state index in [0.717, 1.165) is 6.07 Å². The summed E-state index contributed by atoms with van der Waals surface area (Å²) < 4.78 is 24.5. The molecule has 0 radical (unpaired) electrons. The van der Waals surface area contributed by atoms with Crippen LogP contribution in [0.5, 0.6) is 17.2 Å². The van der Waals surface area contributed by atoms with E-state index in [-0.39, 0.29) is 17.0 Å². The normalized spacial score (nSPS) is 11.1. The zero-order valence-electron chi connectivity index (χ0n) is 14.9. The number of carbonyl (C=O) groups is 2. The summed E-state index contributed by atoms with van der Waals surface area (Å²) >= 11 is 0. The molecule has 0 atom stereocenters. The molecule has 0 aliphatic rings. The number of carbonyl (C=O) groups excluding carboxylic acids is 2. The Kier molecular flexibility index (Phi) is 7.13. The van der Waals surface area contributed by atoms with Crippen molar-refractivity contribution in [1.29, 1.82) is 0 Å². The molecule has 2 rings (SSSR count). The van der Waals surface area contributed by atoms with E-state index in [0.29, 0.717) is 17.8 Å². The lowest BCUT2D eigenvalue weighted by molar-refractivity contribution is -0.104. The zero-order chi connectivity index (χ0) is 19.6. The van der Waals surface area contributed by atoms with E-state index in [2.05, 4.69) is 10.6 Å². The summed E-state index contributed by atoms with van der Waals surface area (Å²) in [6, 6.07) is 10.3. The predicted molar refractivity (Wildman–Crippen MR) is 99.3 cm³/mol. The van der Waals surface area contributed by atoms with E-state index in [9.17, 15) is 14.0 Å². The van der Waals surface area contributed by atoms with Crippen LogP contribution in [0.2, 0.25) is 0 Å². The van der Waals surface area contributed by atoms with Gasteiger partial charge in [0.05, 0.1) is 12.7 Å². The van der Waals surface area contributed by atoms with Gasteiger partial charge in [-0.15, -0.1) is 0 Å². The van der Waals surface area contributed by atoms with Gasteiger partial charge < -0.3 is 20.1 Å². The first-order valence-electron chi connectivity index (χ1n) is 7.99. The van der Waals surface area contributed by atoms with Crippen LogP contribution in [0.15, 0.2) is 66.5 Å². The Labute approximate surface area is 156 Å². The summed E-state index contributed by atoms with van der Waals surface area (Å²) in [5.41, 5.74) is 0.226. The molecule has 0 heterocycles. The fourth-order valence-corrected chi connectivity index (χ4v) is 2.12. The maximum atomic E-state index is 13.7. The Balaban J connectivity index is 2.28. The molecule has 0 bridgehead atoms. The maximum Gasteiger partial charge on any atom is 0.259 e. The molecule has 6 nitrogen and oxygen atoms in total. The van der Waals surface area contributed by atoms with Crippen LogP contribution >= 0.6 is 0 Å². The van der Waals surface area contributed by atoms with Crippen LogP contribution < -0.4 is 20.1 Å². The number of hydrogen-bond acceptors (Lipinski definition) is 5. The van der Waals surface area contributed by atoms with Gasteiger partial charge in [-0.05, 0) is 54.7 Å². The molecule has 2 aromatic rings. The molecule has 0 fully saturated rings. The van der Waals surface area contributed by atoms with E-state index in [1.165, 1.54) is 30.5 Å². The number of methoxy groups -OCH3 is 1. The lowest BCUT2D eigenvalue weighted by atomic mass is 10.1. The van der Waals surface area contributed by atoms with E-state index in [1.807, 2.05) is 0 Å². The fraction of sp³-hybridized carbons (Fsp3) is 0.100. The Bertz CT molecular complexity index is 861. The molecule has 2 N–H and O–H groups in total. The number of amides is 1. The second kappa shape index (κ2) is 9.76. The lowest BCUT2D eigenvalue weighted by Gasteiger charge is -2.12. The molecule has 7 heteroatoms. The first-order valence-corrected chi connectivity index (χ1v) is 7.99. The number of rotatable bonds is 8. The molecular weight excluding hydrogens is 351 g/mol. The Morgan fingerprint density at radius 2 is 1.81 bits per heavy atom. The Morgan fingerprint density at radius 1 is 1.11 bits per heavy atom. The van der Waals surface area contributed by atoms with E-state index >= 15 is 0 Å². The average Bonchev–Trinajstić information content (AvgIpc) is 2.68. The van der Waals surface area contributed by atoms with Gasteiger partial charge in [-0.1, -0.05) is 0 Å². The summed E-state index contributed by atoms with van der Waals surface area (Å²) in [4.78, 5) is 23.3. The van der Waals surface area contributed by atoms with Gasteiger partial charge in [0.25, 0.3) is 5.91 Å². The van der Waals surface area contributed by atoms with Crippen LogP contribution in [-0.4, -0.2) is 26.4 Å². The quantitative estimate of drug-likeness (QED) is 0.424. The van der Waals surface area contributed by atoms with Crippen molar-refractivity contribution in [2.45, 2.75) is 0 Å². The summed E-state index contributed by atoms with van der Waals surface area (Å²) in [7, 11) is 3.22. The third kappa shape index (κ3) is 5.71. The molecule has 1 amide bonds. The fourth-order valence-electron chi connectivity index (χ4n) is 2.12. The highest BCUT2D eigenvalue weighted by Crippen LogP contribution is 2.27. The van der Waals surface area contributed by atoms with Crippen LogP contribution in [0.3, 0.4) is 0 Å². The van der Waals surface area contributed by atoms with Crippen molar-refractivity contribution >= 4 is 12.2 Å². The summed E-state index contributed by atoms with van der Waals surface area (Å²) in [6.07, 6.45) is 4.75. The van der Waals surface area contributed by atoms with Gasteiger partial charge in [0.15, 0.2) is 0 Å².